The van der Waals surface area contributed by atoms with Crippen LogP contribution in [0.4, 0.5) is 5.69 Å². The van der Waals surface area contributed by atoms with Crippen LogP contribution in [0.1, 0.15) is 81.0 Å². The summed E-state index contributed by atoms with van der Waals surface area (Å²) in [4.78, 5) is 23.7. The van der Waals surface area contributed by atoms with Crippen molar-refractivity contribution in [3.8, 4) is 6.07 Å². The molecule has 156 valence electrons. The number of carbonyl (C=O) groups is 2. The number of nitrogens with one attached hydrogen (secondary N) is 2. The molecule has 0 saturated heterocycles. The molecule has 0 aromatic heterocycles. The first-order chi connectivity index (χ1) is 14.1. The van der Waals surface area contributed by atoms with Gasteiger partial charge in [0.15, 0.2) is 0 Å². The summed E-state index contributed by atoms with van der Waals surface area (Å²) in [5, 5.41) is 15.4. The van der Waals surface area contributed by atoms with E-state index < -0.39 is 5.91 Å². The second-order valence-electron chi connectivity index (χ2n) is 7.69. The predicted molar refractivity (Wildman–Crippen MR) is 115 cm³/mol. The molecule has 0 aliphatic heterocycles. The molecule has 29 heavy (non-hydrogen) atoms. The number of nitriles is 1. The lowest BCUT2D eigenvalue weighted by atomic mass is 9.98. The molecule has 1 aliphatic carbocycles. The van der Waals surface area contributed by atoms with Crippen LogP contribution in [0.3, 0.4) is 0 Å². The Morgan fingerprint density at radius 1 is 0.931 bits per heavy atom. The summed E-state index contributed by atoms with van der Waals surface area (Å²) < 4.78 is 0. The van der Waals surface area contributed by atoms with Gasteiger partial charge < -0.3 is 16.4 Å². The smallest absolute Gasteiger partial charge is 0.263 e. The summed E-state index contributed by atoms with van der Waals surface area (Å²) in [7, 11) is 0. The van der Waals surface area contributed by atoms with Crippen LogP contribution in [0.15, 0.2) is 36.0 Å². The van der Waals surface area contributed by atoms with E-state index in [0.29, 0.717) is 11.3 Å². The molecule has 0 radical (unpaired) electrons. The summed E-state index contributed by atoms with van der Waals surface area (Å²) in [5.41, 5.74) is 6.33. The fourth-order valence-corrected chi connectivity index (χ4v) is 3.61. The number of amides is 2. The Hall–Kier alpha value is -2.81. The van der Waals surface area contributed by atoms with Crippen LogP contribution < -0.4 is 16.4 Å². The van der Waals surface area contributed by atoms with Crippen LogP contribution in [0, 0.1) is 11.3 Å². The molecule has 0 unspecified atom stereocenters. The molecule has 1 saturated carbocycles. The van der Waals surface area contributed by atoms with E-state index in [1.165, 1.54) is 51.1 Å². The van der Waals surface area contributed by atoms with Crippen molar-refractivity contribution in [3.05, 3.63) is 41.6 Å². The number of hydrogen-bond donors (Lipinski definition) is 3. The van der Waals surface area contributed by atoms with Gasteiger partial charge in [-0.25, -0.2) is 0 Å². The number of carbonyl (C=O) groups excluding carboxylic acids is 2. The van der Waals surface area contributed by atoms with Crippen molar-refractivity contribution >= 4 is 17.5 Å². The van der Waals surface area contributed by atoms with Gasteiger partial charge in [0.05, 0.1) is 0 Å². The number of benzene rings is 1. The van der Waals surface area contributed by atoms with E-state index in [1.807, 2.05) is 6.07 Å². The molecule has 1 aliphatic rings. The second kappa shape index (κ2) is 12.6. The Morgan fingerprint density at radius 2 is 1.45 bits per heavy atom. The van der Waals surface area contributed by atoms with Crippen molar-refractivity contribution in [3.63, 3.8) is 0 Å². The monoisotopic (exact) mass is 396 g/mol. The molecule has 0 atom stereocenters. The highest BCUT2D eigenvalue weighted by molar-refractivity contribution is 5.97. The van der Waals surface area contributed by atoms with E-state index in [-0.39, 0.29) is 17.5 Å². The van der Waals surface area contributed by atoms with Gasteiger partial charge in [-0.05, 0) is 37.1 Å². The van der Waals surface area contributed by atoms with Gasteiger partial charge >= 0.3 is 0 Å². The number of nitrogens with two attached hydrogens (primary N) is 1. The highest BCUT2D eigenvalue weighted by atomic mass is 16.2. The molecule has 2 rings (SSSR count). The van der Waals surface area contributed by atoms with Crippen molar-refractivity contribution < 1.29 is 9.59 Å². The Kier molecular flexibility index (Phi) is 9.77. The molecule has 0 heterocycles. The number of primary amides is 1. The molecule has 2 amide bonds. The Balaban J connectivity index is 1.92. The van der Waals surface area contributed by atoms with Crippen molar-refractivity contribution in [1.82, 2.24) is 5.32 Å². The standard InChI is InChI=1S/C23H32N4O2/c24-16-19(17-26-20-14-12-18(13-15-20)22(25)28)23(29)27-21-10-8-6-4-2-1-3-5-7-9-11-21/h12-15,17,21,26H,1-11H2,(H2,25,28)(H,27,29)/b19-17-. The summed E-state index contributed by atoms with van der Waals surface area (Å²) in [6, 6.07) is 8.63. The highest BCUT2D eigenvalue weighted by Gasteiger charge is 2.16. The van der Waals surface area contributed by atoms with Gasteiger partial charge in [0.25, 0.3) is 5.91 Å². The minimum absolute atomic E-state index is 0.0371. The summed E-state index contributed by atoms with van der Waals surface area (Å²) in [5.74, 6) is -0.841. The minimum Gasteiger partial charge on any atom is -0.366 e. The quantitative estimate of drug-likeness (QED) is 0.506. The molecule has 0 bridgehead atoms. The maximum atomic E-state index is 12.6. The zero-order chi connectivity index (χ0) is 20.9. The Labute approximate surface area is 173 Å². The highest BCUT2D eigenvalue weighted by Crippen LogP contribution is 2.17. The molecule has 6 nitrogen and oxygen atoms in total. The lowest BCUT2D eigenvalue weighted by Crippen LogP contribution is -2.35. The van der Waals surface area contributed by atoms with E-state index in [4.69, 9.17) is 5.73 Å². The molecule has 6 heteroatoms. The van der Waals surface area contributed by atoms with Gasteiger partial charge in [0, 0.05) is 23.5 Å². The largest absolute Gasteiger partial charge is 0.366 e. The minimum atomic E-state index is -0.499. The van der Waals surface area contributed by atoms with Crippen LogP contribution in [0.25, 0.3) is 0 Å². The van der Waals surface area contributed by atoms with Gasteiger partial charge in [-0.1, -0.05) is 57.8 Å². The predicted octanol–water partition coefficient (Wildman–Crippen LogP) is 4.39. The van der Waals surface area contributed by atoms with Crippen LogP contribution in [0.5, 0.6) is 0 Å². The average Bonchev–Trinajstić information content (AvgIpc) is 2.71. The van der Waals surface area contributed by atoms with Crippen molar-refractivity contribution in [1.29, 1.82) is 5.26 Å². The zero-order valence-electron chi connectivity index (χ0n) is 17.1. The SMILES string of the molecule is N#C/C(=C/Nc1ccc(C(N)=O)cc1)C(=O)NC1CCCCCCCCCCC1. The van der Waals surface area contributed by atoms with Gasteiger partial charge in [-0.3, -0.25) is 9.59 Å². The van der Waals surface area contributed by atoms with Crippen molar-refractivity contribution in [2.75, 3.05) is 5.32 Å². The summed E-state index contributed by atoms with van der Waals surface area (Å²) >= 11 is 0. The lowest BCUT2D eigenvalue weighted by molar-refractivity contribution is -0.117. The van der Waals surface area contributed by atoms with Crippen LogP contribution >= 0.6 is 0 Å². The number of hydrogen-bond acceptors (Lipinski definition) is 4. The second-order valence-corrected chi connectivity index (χ2v) is 7.69. The van der Waals surface area contributed by atoms with E-state index >= 15 is 0 Å². The van der Waals surface area contributed by atoms with Gasteiger partial charge in [-0.15, -0.1) is 0 Å². The first kappa shape index (κ1) is 22.5. The molecule has 1 aromatic rings. The van der Waals surface area contributed by atoms with E-state index in [9.17, 15) is 14.9 Å². The third-order valence-electron chi connectivity index (χ3n) is 5.36. The lowest BCUT2D eigenvalue weighted by Gasteiger charge is -2.19. The molecule has 4 N–H and O–H groups in total. The first-order valence-electron chi connectivity index (χ1n) is 10.7. The Morgan fingerprint density at radius 3 is 1.93 bits per heavy atom. The topological polar surface area (TPSA) is 108 Å². The van der Waals surface area contributed by atoms with Crippen molar-refractivity contribution in [2.24, 2.45) is 5.73 Å². The van der Waals surface area contributed by atoms with Gasteiger partial charge in [0.2, 0.25) is 5.91 Å². The normalized spacial score (nSPS) is 17.3. The summed E-state index contributed by atoms with van der Waals surface area (Å²) in [6.45, 7) is 0. The maximum Gasteiger partial charge on any atom is 0.263 e. The zero-order valence-corrected chi connectivity index (χ0v) is 17.1. The van der Waals surface area contributed by atoms with Crippen LogP contribution in [-0.2, 0) is 4.79 Å². The molecular weight excluding hydrogens is 364 g/mol. The summed E-state index contributed by atoms with van der Waals surface area (Å²) in [6.07, 6.45) is 14.5. The Bertz CT molecular complexity index is 722. The first-order valence-corrected chi connectivity index (χ1v) is 10.7. The van der Waals surface area contributed by atoms with Crippen molar-refractivity contribution in [2.45, 2.75) is 76.7 Å². The van der Waals surface area contributed by atoms with E-state index in [1.54, 1.807) is 24.3 Å². The number of nitrogens with zero attached hydrogens (tertiary/aromatic N) is 1. The number of rotatable bonds is 5. The van der Waals surface area contributed by atoms with Crippen LogP contribution in [0.2, 0.25) is 0 Å². The molecule has 1 fully saturated rings. The fraction of sp³-hybridized carbons (Fsp3) is 0.522. The fourth-order valence-electron chi connectivity index (χ4n) is 3.61. The van der Waals surface area contributed by atoms with Gasteiger partial charge in [-0.2, -0.15) is 5.26 Å². The maximum absolute atomic E-state index is 12.6. The average molecular weight is 397 g/mol. The number of anilines is 1. The van der Waals surface area contributed by atoms with E-state index in [0.717, 1.165) is 25.7 Å². The van der Waals surface area contributed by atoms with Gasteiger partial charge in [0.1, 0.15) is 11.6 Å². The van der Waals surface area contributed by atoms with Crippen LogP contribution in [-0.4, -0.2) is 17.9 Å². The molecular formula is C23H32N4O2. The third kappa shape index (κ3) is 8.39. The molecule has 0 spiro atoms. The molecule has 1 aromatic carbocycles. The van der Waals surface area contributed by atoms with E-state index in [2.05, 4.69) is 10.6 Å². The third-order valence-corrected chi connectivity index (χ3v) is 5.36.